The maximum absolute atomic E-state index is 13.2. The minimum Gasteiger partial charge on any atom is -0.334 e. The predicted molar refractivity (Wildman–Crippen MR) is 111 cm³/mol. The molecule has 1 saturated carbocycles. The zero-order chi connectivity index (χ0) is 19.7. The molecule has 5 nitrogen and oxygen atoms in total. The number of carbonyl (C=O) groups is 1. The van der Waals surface area contributed by atoms with Gasteiger partial charge < -0.3 is 4.90 Å². The monoisotopic (exact) mass is 377 g/mol. The van der Waals surface area contributed by atoms with Crippen LogP contribution in [0.4, 0.5) is 0 Å². The van der Waals surface area contributed by atoms with Crippen LogP contribution in [0.15, 0.2) is 53.3 Å². The van der Waals surface area contributed by atoms with Crippen LogP contribution in [0.3, 0.4) is 0 Å². The molecule has 146 valence electrons. The lowest BCUT2D eigenvalue weighted by molar-refractivity contribution is -0.133. The summed E-state index contributed by atoms with van der Waals surface area (Å²) < 4.78 is 3.42. The number of benzene rings is 2. The summed E-state index contributed by atoms with van der Waals surface area (Å²) in [6, 6.07) is 16.4. The molecule has 0 spiro atoms. The molecule has 0 N–H and O–H groups in total. The standard InChI is InChI=1S/C23H27N3O2/c1-3-14-24-20-6-4-5-7-21(20)26(23(24)28)16-22(27)25(19-12-13-19)15-18-10-8-17(2)9-11-18/h4-11,19H,3,12-16H2,1-2H3. The van der Waals surface area contributed by atoms with Crippen LogP contribution in [0.25, 0.3) is 11.0 Å². The molecule has 5 heteroatoms. The number of rotatable bonds is 7. The summed E-state index contributed by atoms with van der Waals surface area (Å²) in [6.45, 7) is 5.48. The van der Waals surface area contributed by atoms with Crippen LogP contribution in [-0.2, 0) is 24.4 Å². The van der Waals surface area contributed by atoms with Gasteiger partial charge in [0.1, 0.15) is 6.54 Å². The molecule has 2 aromatic carbocycles. The van der Waals surface area contributed by atoms with Crippen molar-refractivity contribution in [3.63, 3.8) is 0 Å². The first kappa shape index (κ1) is 18.5. The Balaban J connectivity index is 1.62. The van der Waals surface area contributed by atoms with Crippen LogP contribution in [0.1, 0.15) is 37.3 Å². The SMILES string of the molecule is CCCn1c(=O)n(CC(=O)N(Cc2ccc(C)cc2)C2CC2)c2ccccc21. The van der Waals surface area contributed by atoms with Crippen molar-refractivity contribution in [2.45, 2.75) is 58.8 Å². The number of hydrogen-bond acceptors (Lipinski definition) is 2. The minimum atomic E-state index is -0.0949. The van der Waals surface area contributed by atoms with Gasteiger partial charge in [0.15, 0.2) is 0 Å². The highest BCUT2D eigenvalue weighted by Gasteiger charge is 2.33. The number of para-hydroxylation sites is 2. The number of fused-ring (bicyclic) bond motifs is 1. The molecule has 0 bridgehead atoms. The first-order chi connectivity index (χ1) is 13.6. The van der Waals surface area contributed by atoms with E-state index in [1.165, 1.54) is 5.56 Å². The van der Waals surface area contributed by atoms with Crippen LogP contribution >= 0.6 is 0 Å². The normalized spacial score (nSPS) is 13.8. The number of nitrogens with zero attached hydrogens (tertiary/aromatic N) is 3. The number of carbonyl (C=O) groups excluding carboxylic acids is 1. The van der Waals surface area contributed by atoms with Gasteiger partial charge in [-0.15, -0.1) is 0 Å². The van der Waals surface area contributed by atoms with Crippen molar-refractivity contribution in [3.8, 4) is 0 Å². The summed E-state index contributed by atoms with van der Waals surface area (Å²) in [5, 5.41) is 0. The van der Waals surface area contributed by atoms with E-state index >= 15 is 0 Å². The zero-order valence-electron chi connectivity index (χ0n) is 16.6. The molecule has 1 fully saturated rings. The molecule has 1 aromatic heterocycles. The molecular formula is C23H27N3O2. The fraction of sp³-hybridized carbons (Fsp3) is 0.391. The maximum atomic E-state index is 13.2. The summed E-state index contributed by atoms with van der Waals surface area (Å²) >= 11 is 0. The lowest BCUT2D eigenvalue weighted by Crippen LogP contribution is -2.37. The molecule has 4 rings (SSSR count). The van der Waals surface area contributed by atoms with Gasteiger partial charge in [0, 0.05) is 19.1 Å². The smallest absolute Gasteiger partial charge is 0.329 e. The molecule has 1 aliphatic carbocycles. The van der Waals surface area contributed by atoms with Gasteiger partial charge in [-0.05, 0) is 43.9 Å². The Morgan fingerprint density at radius 2 is 1.68 bits per heavy atom. The van der Waals surface area contributed by atoms with Gasteiger partial charge >= 0.3 is 5.69 Å². The topological polar surface area (TPSA) is 47.2 Å². The Hall–Kier alpha value is -2.82. The van der Waals surface area contributed by atoms with Gasteiger partial charge in [0.05, 0.1) is 11.0 Å². The highest BCUT2D eigenvalue weighted by Crippen LogP contribution is 2.29. The van der Waals surface area contributed by atoms with Crippen LogP contribution in [0.5, 0.6) is 0 Å². The lowest BCUT2D eigenvalue weighted by atomic mass is 10.1. The van der Waals surface area contributed by atoms with Crippen molar-refractivity contribution in [3.05, 3.63) is 70.1 Å². The van der Waals surface area contributed by atoms with E-state index in [0.29, 0.717) is 19.1 Å². The van der Waals surface area contributed by atoms with Gasteiger partial charge in [0.25, 0.3) is 0 Å². The number of hydrogen-bond donors (Lipinski definition) is 0. The average Bonchev–Trinajstić information content (AvgIpc) is 3.51. The fourth-order valence-corrected chi connectivity index (χ4v) is 3.79. The first-order valence-electron chi connectivity index (χ1n) is 10.1. The van der Waals surface area contributed by atoms with Crippen molar-refractivity contribution in [1.82, 2.24) is 14.0 Å². The van der Waals surface area contributed by atoms with Crippen molar-refractivity contribution >= 4 is 16.9 Å². The quantitative estimate of drug-likeness (QED) is 0.630. The maximum Gasteiger partial charge on any atom is 0.329 e. The van der Waals surface area contributed by atoms with E-state index in [1.54, 1.807) is 9.13 Å². The van der Waals surface area contributed by atoms with Crippen molar-refractivity contribution in [1.29, 1.82) is 0 Å². The summed E-state index contributed by atoms with van der Waals surface area (Å²) in [5.74, 6) is 0.0181. The van der Waals surface area contributed by atoms with E-state index < -0.39 is 0 Å². The minimum absolute atomic E-state index is 0.0181. The number of amides is 1. The number of aromatic nitrogens is 2. The van der Waals surface area contributed by atoms with E-state index in [4.69, 9.17) is 0 Å². The second-order valence-electron chi connectivity index (χ2n) is 7.75. The van der Waals surface area contributed by atoms with Gasteiger partial charge in [-0.1, -0.05) is 48.9 Å². The van der Waals surface area contributed by atoms with Crippen LogP contribution in [0.2, 0.25) is 0 Å². The highest BCUT2D eigenvalue weighted by molar-refractivity contribution is 5.81. The molecule has 0 atom stereocenters. The molecule has 28 heavy (non-hydrogen) atoms. The Bertz CT molecular complexity index is 1040. The van der Waals surface area contributed by atoms with Crippen molar-refractivity contribution in [2.24, 2.45) is 0 Å². The van der Waals surface area contributed by atoms with Crippen molar-refractivity contribution < 1.29 is 4.79 Å². The van der Waals surface area contributed by atoms with E-state index in [9.17, 15) is 9.59 Å². The third-order valence-corrected chi connectivity index (χ3v) is 5.45. The molecule has 1 heterocycles. The zero-order valence-corrected chi connectivity index (χ0v) is 16.6. The van der Waals surface area contributed by atoms with Crippen LogP contribution in [0, 0.1) is 6.92 Å². The number of aryl methyl sites for hydroxylation is 2. The molecule has 1 aliphatic rings. The second kappa shape index (κ2) is 7.66. The second-order valence-corrected chi connectivity index (χ2v) is 7.75. The van der Waals surface area contributed by atoms with Gasteiger partial charge in [-0.25, -0.2) is 4.79 Å². The molecule has 0 aliphatic heterocycles. The largest absolute Gasteiger partial charge is 0.334 e. The summed E-state index contributed by atoms with van der Waals surface area (Å²) in [6.07, 6.45) is 2.97. The highest BCUT2D eigenvalue weighted by atomic mass is 16.2. The molecular weight excluding hydrogens is 350 g/mol. The fourth-order valence-electron chi connectivity index (χ4n) is 3.79. The Morgan fingerprint density at radius 1 is 1.04 bits per heavy atom. The molecule has 1 amide bonds. The van der Waals surface area contributed by atoms with E-state index in [0.717, 1.165) is 35.9 Å². The van der Waals surface area contributed by atoms with Crippen LogP contribution in [-0.4, -0.2) is 26.0 Å². The average molecular weight is 377 g/mol. The van der Waals surface area contributed by atoms with E-state index in [-0.39, 0.29) is 18.1 Å². The summed E-state index contributed by atoms with van der Waals surface area (Å²) in [7, 11) is 0. The third-order valence-electron chi connectivity index (χ3n) is 5.45. The van der Waals surface area contributed by atoms with E-state index in [1.807, 2.05) is 29.2 Å². The van der Waals surface area contributed by atoms with Crippen LogP contribution < -0.4 is 5.69 Å². The number of imidazole rings is 1. The summed E-state index contributed by atoms with van der Waals surface area (Å²) in [5.41, 5.74) is 3.98. The lowest BCUT2D eigenvalue weighted by Gasteiger charge is -2.23. The van der Waals surface area contributed by atoms with Crippen molar-refractivity contribution in [2.75, 3.05) is 0 Å². The van der Waals surface area contributed by atoms with E-state index in [2.05, 4.69) is 38.1 Å². The molecule has 0 unspecified atom stereocenters. The first-order valence-corrected chi connectivity index (χ1v) is 10.1. The van der Waals surface area contributed by atoms with Gasteiger partial charge in [-0.3, -0.25) is 13.9 Å². The molecule has 0 saturated heterocycles. The Labute approximate surface area is 165 Å². The molecule has 3 aromatic rings. The predicted octanol–water partition coefficient (Wildman–Crippen LogP) is 3.71. The van der Waals surface area contributed by atoms with Gasteiger partial charge in [-0.2, -0.15) is 0 Å². The van der Waals surface area contributed by atoms with Gasteiger partial charge in [0.2, 0.25) is 5.91 Å². The Morgan fingerprint density at radius 3 is 2.29 bits per heavy atom. The Kier molecular flexibility index (Phi) is 5.07. The third kappa shape index (κ3) is 3.61. The molecule has 0 radical (unpaired) electrons. The summed E-state index contributed by atoms with van der Waals surface area (Å²) in [4.78, 5) is 28.1.